The minimum absolute atomic E-state index is 0.0962. The zero-order valence-corrected chi connectivity index (χ0v) is 21.8. The fourth-order valence-electron chi connectivity index (χ4n) is 4.07. The van der Waals surface area contributed by atoms with Crippen molar-refractivity contribution in [2.24, 2.45) is 0 Å². The Morgan fingerprint density at radius 2 is 1.78 bits per heavy atom. The predicted molar refractivity (Wildman–Crippen MR) is 145 cm³/mol. The molecule has 3 rings (SSSR count). The van der Waals surface area contributed by atoms with Crippen molar-refractivity contribution >= 4 is 34.4 Å². The van der Waals surface area contributed by atoms with E-state index in [1.807, 2.05) is 18.2 Å². The number of benzene rings is 3. The van der Waals surface area contributed by atoms with Crippen molar-refractivity contribution in [1.29, 1.82) is 0 Å². The summed E-state index contributed by atoms with van der Waals surface area (Å²) in [6.45, 7) is 5.31. The maximum absolute atomic E-state index is 12.8. The molecule has 192 valence electrons. The van der Waals surface area contributed by atoms with E-state index in [4.69, 9.17) is 9.84 Å². The summed E-state index contributed by atoms with van der Waals surface area (Å²) in [4.78, 5) is 24.5. The molecular formula is C29H35NO5S. The van der Waals surface area contributed by atoms with Gasteiger partial charge in [-0.3, -0.25) is 9.59 Å². The van der Waals surface area contributed by atoms with Gasteiger partial charge in [-0.05, 0) is 55.7 Å². The Labute approximate surface area is 217 Å². The molecule has 0 aliphatic carbocycles. The van der Waals surface area contributed by atoms with Gasteiger partial charge in [0.2, 0.25) is 0 Å². The van der Waals surface area contributed by atoms with Crippen molar-refractivity contribution in [2.45, 2.75) is 57.3 Å². The molecule has 3 N–H and O–H groups in total. The number of amides is 1. The van der Waals surface area contributed by atoms with E-state index in [0.29, 0.717) is 23.4 Å². The summed E-state index contributed by atoms with van der Waals surface area (Å²) in [7, 11) is 0. The number of hydrogen-bond acceptors (Lipinski definition) is 5. The molecule has 0 radical (unpaired) electrons. The Balaban J connectivity index is 1.54. The van der Waals surface area contributed by atoms with E-state index in [9.17, 15) is 14.7 Å². The van der Waals surface area contributed by atoms with Crippen molar-refractivity contribution in [3.8, 4) is 11.5 Å². The first-order valence-electron chi connectivity index (χ1n) is 12.5. The van der Waals surface area contributed by atoms with Crippen LogP contribution in [0.5, 0.6) is 11.5 Å². The number of aryl methyl sites for hydroxylation is 2. The molecule has 0 atom stereocenters. The van der Waals surface area contributed by atoms with E-state index in [1.54, 1.807) is 18.2 Å². The number of carbonyl (C=O) groups excluding carboxylic acids is 1. The second kappa shape index (κ2) is 13.8. The number of phenols is 1. The minimum atomic E-state index is -0.941. The van der Waals surface area contributed by atoms with E-state index < -0.39 is 5.97 Å². The van der Waals surface area contributed by atoms with Crippen LogP contribution in [0.15, 0.2) is 53.4 Å². The first kappa shape index (κ1) is 27.4. The van der Waals surface area contributed by atoms with Gasteiger partial charge in [-0.15, -0.1) is 11.8 Å². The zero-order valence-electron chi connectivity index (χ0n) is 21.0. The van der Waals surface area contributed by atoms with Crippen LogP contribution in [0.3, 0.4) is 0 Å². The number of unbranched alkanes of at least 4 members (excludes halogenated alkanes) is 3. The largest absolute Gasteiger partial charge is 0.506 e. The van der Waals surface area contributed by atoms with Crippen molar-refractivity contribution in [3.05, 3.63) is 65.2 Å². The number of rotatable bonds is 14. The average Bonchev–Trinajstić information content (AvgIpc) is 2.86. The SMILES string of the molecule is CCCCCc1cc(C)ccc1OCCCCNC(=O)c1cc(SCC(=O)O)c2ccccc2c1O. The molecule has 7 heteroatoms. The first-order chi connectivity index (χ1) is 17.4. The number of thioether (sulfide) groups is 1. The molecule has 0 aliphatic heterocycles. The molecule has 0 fully saturated rings. The van der Waals surface area contributed by atoms with Crippen LogP contribution in [0.1, 0.15) is 60.5 Å². The lowest BCUT2D eigenvalue weighted by molar-refractivity contribution is -0.133. The van der Waals surface area contributed by atoms with Crippen molar-refractivity contribution in [1.82, 2.24) is 5.32 Å². The highest BCUT2D eigenvalue weighted by molar-refractivity contribution is 8.00. The molecule has 0 heterocycles. The van der Waals surface area contributed by atoms with Crippen LogP contribution < -0.4 is 10.1 Å². The van der Waals surface area contributed by atoms with E-state index in [-0.39, 0.29) is 23.0 Å². The summed E-state index contributed by atoms with van der Waals surface area (Å²) in [6.07, 6.45) is 6.08. The second-order valence-electron chi connectivity index (χ2n) is 8.88. The van der Waals surface area contributed by atoms with Gasteiger partial charge >= 0.3 is 5.97 Å². The van der Waals surface area contributed by atoms with E-state index in [1.165, 1.54) is 24.0 Å². The van der Waals surface area contributed by atoms with E-state index >= 15 is 0 Å². The lowest BCUT2D eigenvalue weighted by Gasteiger charge is -2.14. The van der Waals surface area contributed by atoms with Gasteiger partial charge in [0.25, 0.3) is 5.91 Å². The second-order valence-corrected chi connectivity index (χ2v) is 9.90. The minimum Gasteiger partial charge on any atom is -0.506 e. The highest BCUT2D eigenvalue weighted by Crippen LogP contribution is 2.36. The van der Waals surface area contributed by atoms with Crippen molar-refractivity contribution in [2.75, 3.05) is 18.9 Å². The molecule has 1 amide bonds. The standard InChI is InChI=1S/C29H35NO5S/c1-3-4-5-10-21-17-20(2)13-14-25(21)35-16-9-8-15-30-29(34)24-18-26(36-19-27(31)32)22-11-6-7-12-23(22)28(24)33/h6-7,11-14,17-18,33H,3-5,8-10,15-16,19H2,1-2H3,(H,30,34)(H,31,32). The molecule has 36 heavy (non-hydrogen) atoms. The summed E-state index contributed by atoms with van der Waals surface area (Å²) in [5, 5.41) is 23.9. The van der Waals surface area contributed by atoms with E-state index in [0.717, 1.165) is 48.6 Å². The molecule has 0 bridgehead atoms. The van der Waals surface area contributed by atoms with Gasteiger partial charge in [0.1, 0.15) is 11.5 Å². The zero-order chi connectivity index (χ0) is 25.9. The lowest BCUT2D eigenvalue weighted by atomic mass is 10.0. The fourth-order valence-corrected chi connectivity index (χ4v) is 4.89. The molecule has 0 saturated carbocycles. The fraction of sp³-hybridized carbons (Fsp3) is 0.379. The van der Waals surface area contributed by atoms with Crippen LogP contribution in [0.4, 0.5) is 0 Å². The number of nitrogens with one attached hydrogen (secondary N) is 1. The third kappa shape index (κ3) is 7.65. The predicted octanol–water partition coefficient (Wildman–Crippen LogP) is 6.35. The summed E-state index contributed by atoms with van der Waals surface area (Å²) in [6, 6.07) is 15.0. The molecule has 0 aromatic heterocycles. The smallest absolute Gasteiger partial charge is 0.313 e. The van der Waals surface area contributed by atoms with Crippen LogP contribution in [-0.4, -0.2) is 41.0 Å². The lowest BCUT2D eigenvalue weighted by Crippen LogP contribution is -2.25. The Bertz CT molecular complexity index is 1190. The number of aliphatic carboxylic acids is 1. The Morgan fingerprint density at radius 3 is 2.53 bits per heavy atom. The molecular weight excluding hydrogens is 474 g/mol. The maximum Gasteiger partial charge on any atom is 0.313 e. The number of hydrogen-bond donors (Lipinski definition) is 3. The maximum atomic E-state index is 12.8. The quantitative estimate of drug-likeness (QED) is 0.173. The molecule has 0 saturated heterocycles. The summed E-state index contributed by atoms with van der Waals surface area (Å²) >= 11 is 1.13. The third-order valence-corrected chi connectivity index (χ3v) is 6.99. The average molecular weight is 510 g/mol. The molecule has 0 unspecified atom stereocenters. The number of aromatic hydroxyl groups is 1. The normalized spacial score (nSPS) is 10.9. The summed E-state index contributed by atoms with van der Waals surface area (Å²) in [5.74, 6) is -0.608. The van der Waals surface area contributed by atoms with Crippen LogP contribution in [0.2, 0.25) is 0 Å². The number of fused-ring (bicyclic) bond motifs is 1. The number of carboxylic acid groups (broad SMARTS) is 1. The van der Waals surface area contributed by atoms with Crippen LogP contribution >= 0.6 is 11.8 Å². The summed E-state index contributed by atoms with van der Waals surface area (Å²) < 4.78 is 6.04. The van der Waals surface area contributed by atoms with Gasteiger partial charge in [-0.1, -0.05) is 61.7 Å². The monoisotopic (exact) mass is 509 g/mol. The van der Waals surface area contributed by atoms with Crippen LogP contribution in [0, 0.1) is 6.92 Å². The molecule has 0 spiro atoms. The van der Waals surface area contributed by atoms with Gasteiger partial charge in [-0.2, -0.15) is 0 Å². The van der Waals surface area contributed by atoms with Crippen LogP contribution in [0.25, 0.3) is 10.8 Å². The van der Waals surface area contributed by atoms with Gasteiger partial charge in [-0.25, -0.2) is 0 Å². The van der Waals surface area contributed by atoms with Crippen molar-refractivity contribution < 1.29 is 24.5 Å². The number of carboxylic acids is 1. The van der Waals surface area contributed by atoms with Gasteiger partial charge in [0.05, 0.1) is 17.9 Å². The Hall–Kier alpha value is -3.19. The molecule has 3 aromatic rings. The number of carbonyl (C=O) groups is 2. The first-order valence-corrected chi connectivity index (χ1v) is 13.5. The molecule has 6 nitrogen and oxygen atoms in total. The third-order valence-electron chi connectivity index (χ3n) is 5.95. The van der Waals surface area contributed by atoms with Gasteiger partial charge in [0, 0.05) is 16.8 Å². The van der Waals surface area contributed by atoms with Gasteiger partial charge in [0.15, 0.2) is 0 Å². The number of phenolic OH excluding ortho intramolecular Hbond substituents is 1. The van der Waals surface area contributed by atoms with Gasteiger partial charge < -0.3 is 20.3 Å². The highest BCUT2D eigenvalue weighted by Gasteiger charge is 2.17. The van der Waals surface area contributed by atoms with Crippen molar-refractivity contribution in [3.63, 3.8) is 0 Å². The molecule has 0 aliphatic rings. The topological polar surface area (TPSA) is 95.9 Å². The summed E-state index contributed by atoms with van der Waals surface area (Å²) in [5.41, 5.74) is 2.63. The van der Waals surface area contributed by atoms with E-state index in [2.05, 4.69) is 31.3 Å². The molecule has 3 aromatic carbocycles. The Kier molecular flexibility index (Phi) is 10.5. The highest BCUT2D eigenvalue weighted by atomic mass is 32.2. The Morgan fingerprint density at radius 1 is 1.00 bits per heavy atom. The van der Waals surface area contributed by atoms with Crippen LogP contribution in [-0.2, 0) is 11.2 Å². The number of ether oxygens (including phenoxy) is 1.